The van der Waals surface area contributed by atoms with Crippen LogP contribution in [0.25, 0.3) is 11.1 Å². The minimum atomic E-state index is 0.111. The molecule has 4 heteroatoms. The minimum Gasteiger partial charge on any atom is -0.337 e. The highest BCUT2D eigenvalue weighted by atomic mass is 16.2. The van der Waals surface area contributed by atoms with Crippen molar-refractivity contribution >= 4 is 5.91 Å². The summed E-state index contributed by atoms with van der Waals surface area (Å²) in [4.78, 5) is 20.7. The normalized spacial score (nSPS) is 20.9. The second-order valence-corrected chi connectivity index (χ2v) is 8.44. The second-order valence-electron chi connectivity index (χ2n) is 8.44. The van der Waals surface area contributed by atoms with Gasteiger partial charge in [-0.3, -0.25) is 9.69 Å². The summed E-state index contributed by atoms with van der Waals surface area (Å²) in [5.74, 6) is 0.174. The number of benzene rings is 2. The van der Waals surface area contributed by atoms with Crippen LogP contribution in [0.3, 0.4) is 0 Å². The van der Waals surface area contributed by atoms with E-state index in [2.05, 4.69) is 47.0 Å². The third-order valence-corrected chi connectivity index (χ3v) is 6.66. The van der Waals surface area contributed by atoms with Crippen molar-refractivity contribution in [2.45, 2.75) is 24.8 Å². The highest BCUT2D eigenvalue weighted by Gasteiger charge is 2.41. The molecule has 1 amide bonds. The molecule has 0 radical (unpaired) electrons. The maximum atomic E-state index is 13.6. The van der Waals surface area contributed by atoms with Crippen molar-refractivity contribution in [1.29, 1.82) is 0 Å². The van der Waals surface area contributed by atoms with Crippen LogP contribution in [0, 0.1) is 0 Å². The molecule has 2 aromatic rings. The molecule has 2 aliphatic heterocycles. The van der Waals surface area contributed by atoms with Gasteiger partial charge in [-0.25, -0.2) is 0 Å². The van der Waals surface area contributed by atoms with Crippen LogP contribution < -0.4 is 0 Å². The lowest BCUT2D eigenvalue weighted by atomic mass is 9.85. The monoisotopic (exact) mass is 377 g/mol. The van der Waals surface area contributed by atoms with Crippen LogP contribution in [0.5, 0.6) is 0 Å². The van der Waals surface area contributed by atoms with Gasteiger partial charge in [0.15, 0.2) is 0 Å². The van der Waals surface area contributed by atoms with Gasteiger partial charge in [-0.1, -0.05) is 48.5 Å². The maximum absolute atomic E-state index is 13.6. The third kappa shape index (κ3) is 3.71. The van der Waals surface area contributed by atoms with Crippen molar-refractivity contribution in [3.05, 3.63) is 60.2 Å². The fraction of sp³-hybridized carbons (Fsp3) is 0.458. The van der Waals surface area contributed by atoms with Crippen molar-refractivity contribution in [2.24, 2.45) is 0 Å². The van der Waals surface area contributed by atoms with Gasteiger partial charge in [0.2, 0.25) is 0 Å². The number of amides is 1. The molecule has 28 heavy (non-hydrogen) atoms. The molecule has 2 heterocycles. The maximum Gasteiger partial charge on any atom is 0.254 e. The quantitative estimate of drug-likeness (QED) is 0.800. The fourth-order valence-electron chi connectivity index (χ4n) is 4.75. The number of likely N-dealkylation sites (tertiary alicyclic amines) is 1. The molecule has 4 rings (SSSR count). The Hall–Kier alpha value is -2.17. The molecule has 0 saturated carbocycles. The predicted octanol–water partition coefficient (Wildman–Crippen LogP) is 3.60. The van der Waals surface area contributed by atoms with Crippen molar-refractivity contribution in [3.8, 4) is 11.1 Å². The molecule has 1 spiro atoms. The smallest absolute Gasteiger partial charge is 0.254 e. The Labute approximate surface area is 168 Å². The Morgan fingerprint density at radius 1 is 0.857 bits per heavy atom. The van der Waals surface area contributed by atoms with Gasteiger partial charge in [-0.05, 0) is 63.6 Å². The molecule has 0 aliphatic carbocycles. The predicted molar refractivity (Wildman–Crippen MR) is 114 cm³/mol. The van der Waals surface area contributed by atoms with Crippen molar-refractivity contribution < 1.29 is 4.79 Å². The van der Waals surface area contributed by atoms with Crippen LogP contribution >= 0.6 is 0 Å². The molecule has 0 unspecified atom stereocenters. The van der Waals surface area contributed by atoms with E-state index in [1.165, 1.54) is 0 Å². The zero-order valence-corrected chi connectivity index (χ0v) is 17.1. The summed E-state index contributed by atoms with van der Waals surface area (Å²) < 4.78 is 0. The molecule has 148 valence electrons. The summed E-state index contributed by atoms with van der Waals surface area (Å²) in [5.41, 5.74) is 3.07. The topological polar surface area (TPSA) is 26.8 Å². The van der Waals surface area contributed by atoms with E-state index in [1.54, 1.807) is 0 Å². The van der Waals surface area contributed by atoms with E-state index < -0.39 is 0 Å². The van der Waals surface area contributed by atoms with Gasteiger partial charge in [0.05, 0.1) is 0 Å². The lowest BCUT2D eigenvalue weighted by Crippen LogP contribution is -2.58. The van der Waals surface area contributed by atoms with Gasteiger partial charge in [0.1, 0.15) is 0 Å². The van der Waals surface area contributed by atoms with Crippen molar-refractivity contribution in [3.63, 3.8) is 0 Å². The molecular weight excluding hydrogens is 346 g/mol. The van der Waals surface area contributed by atoms with Gasteiger partial charge >= 0.3 is 0 Å². The number of hydrogen-bond donors (Lipinski definition) is 0. The number of carbonyl (C=O) groups excluding carboxylic acids is 1. The molecule has 0 N–H and O–H groups in total. The van der Waals surface area contributed by atoms with E-state index in [9.17, 15) is 4.79 Å². The van der Waals surface area contributed by atoms with Crippen molar-refractivity contribution in [2.75, 3.05) is 46.8 Å². The average molecular weight is 378 g/mol. The minimum absolute atomic E-state index is 0.111. The lowest BCUT2D eigenvalue weighted by molar-refractivity contribution is 0.0317. The van der Waals surface area contributed by atoms with Crippen LogP contribution in [0.2, 0.25) is 0 Å². The van der Waals surface area contributed by atoms with Gasteiger partial charge < -0.3 is 9.80 Å². The first kappa shape index (κ1) is 19.2. The molecular formula is C24H31N3O. The van der Waals surface area contributed by atoms with E-state index in [0.717, 1.165) is 68.7 Å². The van der Waals surface area contributed by atoms with E-state index in [0.29, 0.717) is 0 Å². The Morgan fingerprint density at radius 3 is 2.29 bits per heavy atom. The molecule has 4 nitrogen and oxygen atoms in total. The molecule has 0 aromatic heterocycles. The van der Waals surface area contributed by atoms with Crippen LogP contribution in [-0.2, 0) is 0 Å². The molecule has 2 saturated heterocycles. The third-order valence-electron chi connectivity index (χ3n) is 6.66. The van der Waals surface area contributed by atoms with Crippen LogP contribution in [-0.4, -0.2) is 73.0 Å². The Kier molecular flexibility index (Phi) is 5.51. The molecule has 0 atom stereocenters. The Balaban J connectivity index is 1.63. The van der Waals surface area contributed by atoms with Crippen LogP contribution in [0.1, 0.15) is 29.6 Å². The number of rotatable bonds is 2. The highest BCUT2D eigenvalue weighted by molar-refractivity contribution is 6.01. The number of nitrogens with zero attached hydrogens (tertiary/aromatic N) is 3. The Morgan fingerprint density at radius 2 is 1.54 bits per heavy atom. The van der Waals surface area contributed by atoms with Gasteiger partial charge in [0.25, 0.3) is 5.91 Å². The number of piperidine rings is 1. The summed E-state index contributed by atoms with van der Waals surface area (Å²) in [6.07, 6.45) is 3.29. The standard InChI is InChI=1S/C24H31N3O/c1-25-17-13-24(14-18-25)19-27(16-8-15-26(24)2)23(28)22-12-7-6-11-21(22)20-9-4-3-5-10-20/h3-7,9-12H,8,13-19H2,1-2H3. The molecule has 2 fully saturated rings. The van der Waals surface area contributed by atoms with E-state index in [-0.39, 0.29) is 11.4 Å². The molecule has 0 bridgehead atoms. The number of likely N-dealkylation sites (N-methyl/N-ethyl adjacent to an activating group) is 1. The zero-order valence-electron chi connectivity index (χ0n) is 17.1. The largest absolute Gasteiger partial charge is 0.337 e. The fourth-order valence-corrected chi connectivity index (χ4v) is 4.75. The molecule has 2 aliphatic rings. The highest BCUT2D eigenvalue weighted by Crippen LogP contribution is 2.32. The first-order chi connectivity index (χ1) is 13.6. The average Bonchev–Trinajstić information content (AvgIpc) is 2.90. The number of carbonyl (C=O) groups is 1. The van der Waals surface area contributed by atoms with E-state index in [1.807, 2.05) is 36.4 Å². The van der Waals surface area contributed by atoms with Gasteiger partial charge in [-0.15, -0.1) is 0 Å². The lowest BCUT2D eigenvalue weighted by Gasteiger charge is -2.47. The summed E-state index contributed by atoms with van der Waals surface area (Å²) in [7, 11) is 4.44. The van der Waals surface area contributed by atoms with Crippen LogP contribution in [0.15, 0.2) is 54.6 Å². The molecule has 2 aromatic carbocycles. The zero-order chi connectivity index (χ0) is 19.6. The summed E-state index contributed by atoms with van der Waals surface area (Å²) in [6.45, 7) is 4.94. The van der Waals surface area contributed by atoms with E-state index >= 15 is 0 Å². The van der Waals surface area contributed by atoms with Crippen molar-refractivity contribution in [1.82, 2.24) is 14.7 Å². The number of hydrogen-bond acceptors (Lipinski definition) is 3. The first-order valence-electron chi connectivity index (χ1n) is 10.4. The van der Waals surface area contributed by atoms with Gasteiger partial charge in [0, 0.05) is 30.7 Å². The van der Waals surface area contributed by atoms with Gasteiger partial charge in [-0.2, -0.15) is 0 Å². The second kappa shape index (κ2) is 8.06. The van der Waals surface area contributed by atoms with E-state index in [4.69, 9.17) is 0 Å². The SMILES string of the molecule is CN1CCC2(CC1)CN(C(=O)c1ccccc1-c1ccccc1)CCCN2C. The van der Waals surface area contributed by atoms with Crippen LogP contribution in [0.4, 0.5) is 0 Å². The Bertz CT molecular complexity index is 812. The summed E-state index contributed by atoms with van der Waals surface area (Å²) >= 11 is 0. The first-order valence-corrected chi connectivity index (χ1v) is 10.4. The summed E-state index contributed by atoms with van der Waals surface area (Å²) in [5, 5.41) is 0. The summed E-state index contributed by atoms with van der Waals surface area (Å²) in [6, 6.07) is 18.3.